The zero-order valence-corrected chi connectivity index (χ0v) is 10.2. The van der Waals surface area contributed by atoms with Gasteiger partial charge in [-0.2, -0.15) is 13.2 Å². The van der Waals surface area contributed by atoms with Gasteiger partial charge in [0, 0.05) is 38.4 Å². The molecule has 1 aromatic heterocycles. The molecule has 0 saturated carbocycles. The van der Waals surface area contributed by atoms with E-state index >= 15 is 0 Å². The van der Waals surface area contributed by atoms with Gasteiger partial charge in [0.05, 0.1) is 0 Å². The molecule has 2 rings (SSSR count). The van der Waals surface area contributed by atoms with Gasteiger partial charge < -0.3 is 5.32 Å². The average Bonchev–Trinajstić information content (AvgIpc) is 2.32. The SMILES string of the molecule is Cc1nc(C(F)(F)F)ccc1CN1CCNCC1. The number of halogens is 3. The number of nitrogens with one attached hydrogen (secondary N) is 1. The molecule has 2 heterocycles. The van der Waals surface area contributed by atoms with Crippen LogP contribution < -0.4 is 5.32 Å². The Balaban J connectivity index is 2.09. The first-order chi connectivity index (χ1) is 8.47. The average molecular weight is 259 g/mol. The van der Waals surface area contributed by atoms with E-state index in [9.17, 15) is 13.2 Å². The number of pyridine rings is 1. The third-order valence-corrected chi connectivity index (χ3v) is 3.09. The smallest absolute Gasteiger partial charge is 0.314 e. The zero-order valence-electron chi connectivity index (χ0n) is 10.2. The molecule has 0 bridgehead atoms. The minimum Gasteiger partial charge on any atom is -0.314 e. The maximum absolute atomic E-state index is 12.5. The van der Waals surface area contributed by atoms with Crippen molar-refractivity contribution in [3.63, 3.8) is 0 Å². The predicted molar refractivity (Wildman–Crippen MR) is 62.1 cm³/mol. The van der Waals surface area contributed by atoms with Crippen LogP contribution >= 0.6 is 0 Å². The summed E-state index contributed by atoms with van der Waals surface area (Å²) in [6.07, 6.45) is -4.36. The molecule has 3 nitrogen and oxygen atoms in total. The van der Waals surface area contributed by atoms with Crippen molar-refractivity contribution < 1.29 is 13.2 Å². The molecule has 1 N–H and O–H groups in total. The summed E-state index contributed by atoms with van der Waals surface area (Å²) in [7, 11) is 0. The van der Waals surface area contributed by atoms with Gasteiger partial charge in [0.2, 0.25) is 0 Å². The molecule has 0 aliphatic carbocycles. The fourth-order valence-electron chi connectivity index (χ4n) is 2.03. The second-order valence-corrected chi connectivity index (χ2v) is 4.46. The lowest BCUT2D eigenvalue weighted by Crippen LogP contribution is -2.43. The van der Waals surface area contributed by atoms with Crippen LogP contribution in [0.25, 0.3) is 0 Å². The molecule has 1 fully saturated rings. The lowest BCUT2D eigenvalue weighted by Gasteiger charge is -2.27. The maximum atomic E-state index is 12.5. The minimum atomic E-state index is -4.36. The molecule has 0 radical (unpaired) electrons. The second-order valence-electron chi connectivity index (χ2n) is 4.46. The number of hydrogen-bond donors (Lipinski definition) is 1. The van der Waals surface area contributed by atoms with Gasteiger partial charge in [-0.25, -0.2) is 4.98 Å². The summed E-state index contributed by atoms with van der Waals surface area (Å²) in [6, 6.07) is 2.59. The summed E-state index contributed by atoms with van der Waals surface area (Å²) in [4.78, 5) is 5.86. The fraction of sp³-hybridized carbons (Fsp3) is 0.583. The van der Waals surface area contributed by atoms with Crippen molar-refractivity contribution in [1.29, 1.82) is 0 Å². The molecule has 1 saturated heterocycles. The molecule has 18 heavy (non-hydrogen) atoms. The Morgan fingerprint density at radius 2 is 1.94 bits per heavy atom. The molecule has 0 atom stereocenters. The van der Waals surface area contributed by atoms with E-state index in [-0.39, 0.29) is 0 Å². The van der Waals surface area contributed by atoms with Crippen LogP contribution in [-0.2, 0) is 12.7 Å². The molecule has 0 spiro atoms. The summed E-state index contributed by atoms with van der Waals surface area (Å²) in [5.74, 6) is 0. The minimum absolute atomic E-state index is 0.461. The van der Waals surface area contributed by atoms with E-state index in [0.29, 0.717) is 12.2 Å². The summed E-state index contributed by atoms with van der Waals surface area (Å²) in [5, 5.41) is 3.24. The molecule has 6 heteroatoms. The molecule has 0 aromatic carbocycles. The number of aromatic nitrogens is 1. The lowest BCUT2D eigenvalue weighted by molar-refractivity contribution is -0.141. The van der Waals surface area contributed by atoms with Gasteiger partial charge in [0.1, 0.15) is 5.69 Å². The van der Waals surface area contributed by atoms with Gasteiger partial charge in [-0.3, -0.25) is 4.90 Å². The van der Waals surface area contributed by atoms with Crippen LogP contribution in [0.2, 0.25) is 0 Å². The number of aryl methyl sites for hydroxylation is 1. The van der Waals surface area contributed by atoms with Crippen LogP contribution in [0.3, 0.4) is 0 Å². The molecule has 1 aromatic rings. The highest BCUT2D eigenvalue weighted by atomic mass is 19.4. The Bertz CT molecular complexity index is 412. The third-order valence-electron chi connectivity index (χ3n) is 3.09. The Morgan fingerprint density at radius 1 is 1.28 bits per heavy atom. The number of alkyl halides is 3. The molecule has 1 aliphatic heterocycles. The normalized spacial score (nSPS) is 18.0. The first kappa shape index (κ1) is 13.3. The molecule has 100 valence electrons. The van der Waals surface area contributed by atoms with Gasteiger partial charge in [-0.1, -0.05) is 6.07 Å². The van der Waals surface area contributed by atoms with Crippen LogP contribution in [0.4, 0.5) is 13.2 Å². The van der Waals surface area contributed by atoms with Gasteiger partial charge in [0.25, 0.3) is 0 Å². The second kappa shape index (κ2) is 5.24. The molecule has 1 aliphatic rings. The summed E-state index contributed by atoms with van der Waals surface area (Å²) < 4.78 is 37.4. The Hall–Kier alpha value is -1.14. The third kappa shape index (κ3) is 3.20. The highest BCUT2D eigenvalue weighted by Crippen LogP contribution is 2.28. The standard InChI is InChI=1S/C12H16F3N3/c1-9-10(8-18-6-4-16-5-7-18)2-3-11(17-9)12(13,14)15/h2-3,16H,4-8H2,1H3. The van der Waals surface area contributed by atoms with E-state index in [1.54, 1.807) is 6.92 Å². The molecular formula is C12H16F3N3. The van der Waals surface area contributed by atoms with Crippen molar-refractivity contribution in [2.24, 2.45) is 0 Å². The monoisotopic (exact) mass is 259 g/mol. The number of nitrogens with zero attached hydrogens (tertiary/aromatic N) is 2. The summed E-state index contributed by atoms with van der Waals surface area (Å²) in [5.41, 5.74) is 0.511. The van der Waals surface area contributed by atoms with Crippen LogP contribution in [0.5, 0.6) is 0 Å². The predicted octanol–water partition coefficient (Wildman–Crippen LogP) is 1.81. The van der Waals surface area contributed by atoms with Crippen molar-refractivity contribution in [1.82, 2.24) is 15.2 Å². The van der Waals surface area contributed by atoms with E-state index in [0.717, 1.165) is 37.8 Å². The maximum Gasteiger partial charge on any atom is 0.433 e. The van der Waals surface area contributed by atoms with Crippen molar-refractivity contribution >= 4 is 0 Å². The highest BCUT2D eigenvalue weighted by Gasteiger charge is 2.32. The van der Waals surface area contributed by atoms with Crippen molar-refractivity contribution in [3.8, 4) is 0 Å². The zero-order chi connectivity index (χ0) is 13.2. The summed E-state index contributed by atoms with van der Waals surface area (Å²) >= 11 is 0. The lowest BCUT2D eigenvalue weighted by atomic mass is 10.1. The van der Waals surface area contributed by atoms with Gasteiger partial charge in [-0.15, -0.1) is 0 Å². The Morgan fingerprint density at radius 3 is 2.50 bits per heavy atom. The number of piperazine rings is 1. The number of hydrogen-bond acceptors (Lipinski definition) is 3. The van der Waals surface area contributed by atoms with Gasteiger partial charge in [-0.05, 0) is 18.6 Å². The largest absolute Gasteiger partial charge is 0.433 e. The van der Waals surface area contributed by atoms with Crippen molar-refractivity contribution in [3.05, 3.63) is 29.1 Å². The van der Waals surface area contributed by atoms with Crippen molar-refractivity contribution in [2.75, 3.05) is 26.2 Å². The molecular weight excluding hydrogens is 243 g/mol. The topological polar surface area (TPSA) is 28.2 Å². The van der Waals surface area contributed by atoms with Crippen LogP contribution in [-0.4, -0.2) is 36.1 Å². The quantitative estimate of drug-likeness (QED) is 0.878. The first-order valence-corrected chi connectivity index (χ1v) is 5.93. The van der Waals surface area contributed by atoms with E-state index in [1.165, 1.54) is 6.07 Å². The molecule has 0 unspecified atom stereocenters. The van der Waals surface area contributed by atoms with Crippen LogP contribution in [0, 0.1) is 6.92 Å². The Kier molecular flexibility index (Phi) is 3.87. The summed E-state index contributed by atoms with van der Waals surface area (Å²) in [6.45, 7) is 5.98. The van der Waals surface area contributed by atoms with E-state index in [4.69, 9.17) is 0 Å². The Labute approximate surface area is 104 Å². The van der Waals surface area contributed by atoms with Gasteiger partial charge in [0.15, 0.2) is 0 Å². The van der Waals surface area contributed by atoms with Gasteiger partial charge >= 0.3 is 6.18 Å². The number of rotatable bonds is 2. The van der Waals surface area contributed by atoms with E-state index < -0.39 is 11.9 Å². The van der Waals surface area contributed by atoms with Crippen LogP contribution in [0.15, 0.2) is 12.1 Å². The highest BCUT2D eigenvalue weighted by molar-refractivity contribution is 5.23. The fourth-order valence-corrected chi connectivity index (χ4v) is 2.03. The van der Waals surface area contributed by atoms with E-state index in [2.05, 4.69) is 15.2 Å². The van der Waals surface area contributed by atoms with Crippen LogP contribution in [0.1, 0.15) is 17.0 Å². The molecule has 0 amide bonds. The first-order valence-electron chi connectivity index (χ1n) is 5.93. The van der Waals surface area contributed by atoms with Crippen molar-refractivity contribution in [2.45, 2.75) is 19.6 Å². The van der Waals surface area contributed by atoms with E-state index in [1.807, 2.05) is 0 Å².